The van der Waals surface area contributed by atoms with Crippen LogP contribution in [-0.4, -0.2) is 12.7 Å². The van der Waals surface area contributed by atoms with E-state index in [1.54, 1.807) is 0 Å². The van der Waals surface area contributed by atoms with E-state index in [1.807, 2.05) is 0 Å². The molecular weight excluding hydrogens is 479 g/mol. The molecule has 0 saturated carbocycles. The molecule has 1 fully saturated rings. The maximum atomic E-state index is 3.96. The molecular formula is C35H41N2P. The van der Waals surface area contributed by atoms with Crippen molar-refractivity contribution in [1.82, 2.24) is 5.32 Å². The van der Waals surface area contributed by atoms with Gasteiger partial charge in [-0.05, 0) is 100 Å². The van der Waals surface area contributed by atoms with Crippen molar-refractivity contribution in [2.45, 2.75) is 60.9 Å². The van der Waals surface area contributed by atoms with E-state index in [1.165, 1.54) is 66.6 Å². The van der Waals surface area contributed by atoms with Crippen LogP contribution in [0.3, 0.4) is 0 Å². The lowest BCUT2D eigenvalue weighted by atomic mass is 9.92. The predicted molar refractivity (Wildman–Crippen MR) is 167 cm³/mol. The number of hydrogen-bond donors (Lipinski definition) is 1. The summed E-state index contributed by atoms with van der Waals surface area (Å²) in [6.45, 7) is 16.8. The van der Waals surface area contributed by atoms with Gasteiger partial charge in [0.1, 0.15) is 5.82 Å². The third kappa shape index (κ3) is 4.87. The normalized spacial score (nSPS) is 19.9. The van der Waals surface area contributed by atoms with E-state index in [4.69, 9.17) is 0 Å². The summed E-state index contributed by atoms with van der Waals surface area (Å²) in [7, 11) is -0.436. The first kappa shape index (κ1) is 26.5. The summed E-state index contributed by atoms with van der Waals surface area (Å²) in [5.41, 5.74) is 12.4. The van der Waals surface area contributed by atoms with Crippen LogP contribution in [0, 0.1) is 41.5 Å². The molecule has 0 spiro atoms. The van der Waals surface area contributed by atoms with Crippen molar-refractivity contribution in [3.05, 3.63) is 128 Å². The van der Waals surface area contributed by atoms with Gasteiger partial charge < -0.3 is 10.2 Å². The number of anilines is 1. The largest absolute Gasteiger partial charge is 0.369 e. The fraction of sp³-hybridized carbons (Fsp3) is 0.314. The summed E-state index contributed by atoms with van der Waals surface area (Å²) in [6.07, 6.45) is 9.07. The van der Waals surface area contributed by atoms with E-state index in [-0.39, 0.29) is 6.04 Å². The molecule has 1 N–H and O–H groups in total. The van der Waals surface area contributed by atoms with E-state index >= 15 is 0 Å². The van der Waals surface area contributed by atoms with E-state index < -0.39 is 7.92 Å². The van der Waals surface area contributed by atoms with Crippen LogP contribution < -0.4 is 15.5 Å². The molecule has 3 aromatic rings. The summed E-state index contributed by atoms with van der Waals surface area (Å²) >= 11 is 0. The van der Waals surface area contributed by atoms with Gasteiger partial charge in [-0.25, -0.2) is 0 Å². The second-order valence-corrected chi connectivity index (χ2v) is 13.4. The Morgan fingerprint density at radius 3 is 2.05 bits per heavy atom. The summed E-state index contributed by atoms with van der Waals surface area (Å²) in [6, 6.07) is 20.7. The Hall–Kier alpha value is -3.09. The Kier molecular flexibility index (Phi) is 7.64. The molecule has 3 heteroatoms. The topological polar surface area (TPSA) is 15.3 Å². The molecule has 0 aromatic heterocycles. The van der Waals surface area contributed by atoms with E-state index in [0.29, 0.717) is 0 Å². The highest BCUT2D eigenvalue weighted by molar-refractivity contribution is 7.70. The molecule has 0 bridgehead atoms. The standard InChI is InChI=1S/C35H41N2P/c1-8-38(29-14-10-9-11-15-29)32-17-13-12-16-30(32)35-36-22-31(33-25(4)18-23(2)19-26(33)5)37(35)34-27(6)20-24(3)21-28(34)7/h9-15,17-21,31,36H,8,16,22H2,1-7H3. The van der Waals surface area contributed by atoms with Gasteiger partial charge in [0.2, 0.25) is 0 Å². The molecule has 2 atom stereocenters. The Morgan fingerprint density at radius 1 is 0.842 bits per heavy atom. The second kappa shape index (κ2) is 11.0. The molecule has 196 valence electrons. The van der Waals surface area contributed by atoms with Gasteiger partial charge in [0.05, 0.1) is 6.04 Å². The summed E-state index contributed by atoms with van der Waals surface area (Å²) in [5.74, 6) is 1.29. The van der Waals surface area contributed by atoms with Gasteiger partial charge in [-0.15, -0.1) is 0 Å². The summed E-state index contributed by atoms with van der Waals surface area (Å²) in [4.78, 5) is 2.66. The summed E-state index contributed by atoms with van der Waals surface area (Å²) in [5, 5.41) is 6.92. The maximum Gasteiger partial charge on any atom is 0.111 e. The highest BCUT2D eigenvalue weighted by Crippen LogP contribution is 2.52. The fourth-order valence-corrected chi connectivity index (χ4v) is 8.97. The first-order valence-corrected chi connectivity index (χ1v) is 15.4. The van der Waals surface area contributed by atoms with Crippen LogP contribution in [0.5, 0.6) is 0 Å². The van der Waals surface area contributed by atoms with Crippen molar-refractivity contribution in [2.24, 2.45) is 0 Å². The smallest absolute Gasteiger partial charge is 0.111 e. The molecule has 5 rings (SSSR count). The number of hydrogen-bond acceptors (Lipinski definition) is 2. The van der Waals surface area contributed by atoms with Crippen LogP contribution in [0.2, 0.25) is 0 Å². The van der Waals surface area contributed by atoms with Crippen molar-refractivity contribution in [3.8, 4) is 0 Å². The van der Waals surface area contributed by atoms with Crippen LogP contribution in [0.1, 0.15) is 58.3 Å². The molecule has 1 saturated heterocycles. The van der Waals surface area contributed by atoms with Crippen LogP contribution >= 0.6 is 7.92 Å². The lowest BCUT2D eigenvalue weighted by Crippen LogP contribution is -2.27. The van der Waals surface area contributed by atoms with Crippen molar-refractivity contribution < 1.29 is 0 Å². The molecule has 2 unspecified atom stereocenters. The van der Waals surface area contributed by atoms with Gasteiger partial charge in [0.15, 0.2) is 0 Å². The average Bonchev–Trinajstić information content (AvgIpc) is 3.28. The van der Waals surface area contributed by atoms with Crippen molar-refractivity contribution in [2.75, 3.05) is 17.6 Å². The van der Waals surface area contributed by atoms with Gasteiger partial charge in [-0.2, -0.15) is 0 Å². The van der Waals surface area contributed by atoms with Crippen LogP contribution in [0.4, 0.5) is 5.69 Å². The zero-order chi connectivity index (χ0) is 27.0. The van der Waals surface area contributed by atoms with Gasteiger partial charge in [-0.1, -0.05) is 90.9 Å². The van der Waals surface area contributed by atoms with Crippen molar-refractivity contribution in [3.63, 3.8) is 0 Å². The highest BCUT2D eigenvalue weighted by atomic mass is 31.1. The first-order chi connectivity index (χ1) is 18.3. The Morgan fingerprint density at radius 2 is 1.45 bits per heavy atom. The van der Waals surface area contributed by atoms with Gasteiger partial charge in [0, 0.05) is 17.8 Å². The number of nitrogens with zero attached hydrogens (tertiary/aromatic N) is 1. The van der Waals surface area contributed by atoms with Gasteiger partial charge in [0.25, 0.3) is 0 Å². The van der Waals surface area contributed by atoms with Crippen LogP contribution in [0.15, 0.2) is 89.5 Å². The van der Waals surface area contributed by atoms with Crippen molar-refractivity contribution >= 4 is 18.9 Å². The number of allylic oxidation sites excluding steroid dienone is 5. The predicted octanol–water partition coefficient (Wildman–Crippen LogP) is 8.57. The molecule has 1 aliphatic heterocycles. The molecule has 38 heavy (non-hydrogen) atoms. The lowest BCUT2D eigenvalue weighted by molar-refractivity contribution is 0.741. The number of benzene rings is 3. The van der Waals surface area contributed by atoms with E-state index in [2.05, 4.69) is 132 Å². The minimum Gasteiger partial charge on any atom is -0.369 e. The molecule has 0 amide bonds. The number of nitrogens with one attached hydrogen (secondary N) is 1. The van der Waals surface area contributed by atoms with Gasteiger partial charge in [-0.3, -0.25) is 0 Å². The quantitative estimate of drug-likeness (QED) is 0.339. The third-order valence-electron chi connectivity index (χ3n) is 7.95. The molecule has 3 aromatic carbocycles. The highest BCUT2D eigenvalue weighted by Gasteiger charge is 2.37. The molecule has 2 nitrogen and oxygen atoms in total. The van der Waals surface area contributed by atoms with E-state index in [9.17, 15) is 0 Å². The minimum absolute atomic E-state index is 0.245. The zero-order valence-corrected chi connectivity index (χ0v) is 24.9. The lowest BCUT2D eigenvalue weighted by Gasteiger charge is -2.34. The summed E-state index contributed by atoms with van der Waals surface area (Å²) < 4.78 is 0. The van der Waals surface area contributed by atoms with Crippen LogP contribution in [0.25, 0.3) is 0 Å². The number of rotatable bonds is 5. The maximum absolute atomic E-state index is 3.96. The zero-order valence-electron chi connectivity index (χ0n) is 24.0. The molecule has 1 aliphatic carbocycles. The van der Waals surface area contributed by atoms with Crippen molar-refractivity contribution in [1.29, 1.82) is 0 Å². The van der Waals surface area contributed by atoms with Crippen LogP contribution in [-0.2, 0) is 0 Å². The monoisotopic (exact) mass is 520 g/mol. The first-order valence-electron chi connectivity index (χ1n) is 13.9. The Balaban J connectivity index is 1.73. The molecule has 0 radical (unpaired) electrons. The average molecular weight is 521 g/mol. The van der Waals surface area contributed by atoms with E-state index in [0.717, 1.165) is 19.1 Å². The fourth-order valence-electron chi connectivity index (χ4n) is 6.67. The minimum atomic E-state index is -0.436. The number of aryl methyl sites for hydroxylation is 6. The third-order valence-corrected chi connectivity index (χ3v) is 10.5. The SMILES string of the molecule is CCP(C1=CC=CCC1=C1NCC(c2c(C)cc(C)cc2C)N1c1c(C)cc(C)cc1C)c1ccccc1. The second-order valence-electron chi connectivity index (χ2n) is 10.9. The Bertz CT molecular complexity index is 1400. The Labute approximate surface area is 230 Å². The molecule has 2 aliphatic rings. The molecule has 1 heterocycles. The van der Waals surface area contributed by atoms with Gasteiger partial charge >= 0.3 is 0 Å².